The van der Waals surface area contributed by atoms with Crippen LogP contribution in [-0.2, 0) is 0 Å². The molecule has 2 heterocycles. The van der Waals surface area contributed by atoms with Crippen molar-refractivity contribution in [2.24, 2.45) is 0 Å². The van der Waals surface area contributed by atoms with E-state index in [1.807, 2.05) is 0 Å². The van der Waals surface area contributed by atoms with E-state index >= 15 is 0 Å². The summed E-state index contributed by atoms with van der Waals surface area (Å²) in [6, 6.07) is 0. The summed E-state index contributed by atoms with van der Waals surface area (Å²) in [5.41, 5.74) is 6.88. The average Bonchev–Trinajstić information content (AvgIpc) is 2.23. The number of rotatable bonds is 1. The molecule has 15 heavy (non-hydrogen) atoms. The smallest absolute Gasteiger partial charge is 0.222 e. The van der Waals surface area contributed by atoms with Gasteiger partial charge >= 0.3 is 0 Å². The Kier molecular flexibility index (Phi) is 2.79. The van der Waals surface area contributed by atoms with Gasteiger partial charge in [0.2, 0.25) is 5.28 Å². The third kappa shape index (κ3) is 2.21. The van der Waals surface area contributed by atoms with Crippen molar-refractivity contribution in [3.8, 4) is 11.3 Å². The lowest BCUT2D eigenvalue weighted by molar-refractivity contribution is 1.13. The highest BCUT2D eigenvalue weighted by atomic mass is 79.9. The molecule has 0 bridgehead atoms. The minimum absolute atomic E-state index is 0.181. The van der Waals surface area contributed by atoms with Crippen LogP contribution in [0.2, 0.25) is 5.28 Å². The summed E-state index contributed by atoms with van der Waals surface area (Å²) in [7, 11) is 0. The van der Waals surface area contributed by atoms with Gasteiger partial charge in [-0.3, -0.25) is 0 Å². The van der Waals surface area contributed by atoms with Crippen LogP contribution < -0.4 is 5.73 Å². The van der Waals surface area contributed by atoms with E-state index in [-0.39, 0.29) is 5.28 Å². The van der Waals surface area contributed by atoms with Crippen LogP contribution in [0.5, 0.6) is 0 Å². The lowest BCUT2D eigenvalue weighted by Gasteiger charge is -2.03. The summed E-state index contributed by atoms with van der Waals surface area (Å²) < 4.78 is 0.599. The molecule has 0 atom stereocenters. The molecular formula is C8H5BrClN5. The Morgan fingerprint density at radius 1 is 1.13 bits per heavy atom. The predicted molar refractivity (Wildman–Crippen MR) is 60.2 cm³/mol. The van der Waals surface area contributed by atoms with Crippen LogP contribution in [0.4, 0.5) is 5.82 Å². The summed E-state index contributed by atoms with van der Waals surface area (Å²) in [6.07, 6.45) is 4.61. The fraction of sp³-hybridized carbons (Fsp3) is 0. The first kappa shape index (κ1) is 10.3. The van der Waals surface area contributed by atoms with Crippen LogP contribution in [0.15, 0.2) is 23.2 Å². The van der Waals surface area contributed by atoms with E-state index in [9.17, 15) is 0 Å². The summed E-state index contributed by atoms with van der Waals surface area (Å²) in [5, 5.41) is 0.181. The molecule has 0 spiro atoms. The molecule has 0 saturated carbocycles. The Bertz CT molecular complexity index is 487. The Hall–Kier alpha value is -1.27. The minimum Gasteiger partial charge on any atom is -0.382 e. The number of halogens is 2. The van der Waals surface area contributed by atoms with Gasteiger partial charge in [0, 0.05) is 18.0 Å². The number of anilines is 1. The van der Waals surface area contributed by atoms with Gasteiger partial charge in [0.05, 0.1) is 6.20 Å². The van der Waals surface area contributed by atoms with Gasteiger partial charge < -0.3 is 5.73 Å². The first-order valence-electron chi connectivity index (χ1n) is 3.93. The SMILES string of the molecule is Nc1ncc(Br)nc1-c1cnc(Cl)nc1. The third-order valence-electron chi connectivity index (χ3n) is 1.67. The number of aromatic nitrogens is 4. The first-order valence-corrected chi connectivity index (χ1v) is 5.10. The molecule has 0 aromatic carbocycles. The highest BCUT2D eigenvalue weighted by Crippen LogP contribution is 2.22. The van der Waals surface area contributed by atoms with Gasteiger partial charge in [-0.2, -0.15) is 0 Å². The van der Waals surface area contributed by atoms with Gasteiger partial charge in [-0.25, -0.2) is 19.9 Å². The lowest BCUT2D eigenvalue weighted by atomic mass is 10.2. The maximum absolute atomic E-state index is 5.68. The van der Waals surface area contributed by atoms with Crippen molar-refractivity contribution in [2.75, 3.05) is 5.73 Å². The molecule has 0 aliphatic heterocycles. The highest BCUT2D eigenvalue weighted by Gasteiger charge is 2.07. The van der Waals surface area contributed by atoms with Crippen molar-refractivity contribution in [1.82, 2.24) is 19.9 Å². The van der Waals surface area contributed by atoms with E-state index in [2.05, 4.69) is 35.9 Å². The van der Waals surface area contributed by atoms with E-state index in [4.69, 9.17) is 17.3 Å². The number of nitrogens with zero attached hydrogens (tertiary/aromatic N) is 4. The fourth-order valence-electron chi connectivity index (χ4n) is 1.02. The van der Waals surface area contributed by atoms with Crippen molar-refractivity contribution in [3.05, 3.63) is 28.5 Å². The number of hydrogen-bond acceptors (Lipinski definition) is 5. The predicted octanol–water partition coefficient (Wildman–Crippen LogP) is 1.93. The number of nitrogen functional groups attached to an aromatic ring is 1. The maximum atomic E-state index is 5.68. The molecule has 2 aromatic heterocycles. The van der Waals surface area contributed by atoms with Gasteiger partial charge in [-0.1, -0.05) is 0 Å². The molecule has 0 aliphatic rings. The number of hydrogen-bond donors (Lipinski definition) is 1. The summed E-state index contributed by atoms with van der Waals surface area (Å²) >= 11 is 8.78. The molecule has 2 N–H and O–H groups in total. The molecule has 5 nitrogen and oxygen atoms in total. The van der Waals surface area contributed by atoms with E-state index < -0.39 is 0 Å². The van der Waals surface area contributed by atoms with Crippen molar-refractivity contribution in [3.63, 3.8) is 0 Å². The van der Waals surface area contributed by atoms with Gasteiger partial charge in [-0.05, 0) is 27.5 Å². The van der Waals surface area contributed by atoms with Crippen molar-refractivity contribution >= 4 is 33.3 Å². The van der Waals surface area contributed by atoms with Gasteiger partial charge in [-0.15, -0.1) is 0 Å². The average molecular weight is 287 g/mol. The van der Waals surface area contributed by atoms with Crippen molar-refractivity contribution < 1.29 is 0 Å². The zero-order valence-corrected chi connectivity index (χ0v) is 9.70. The van der Waals surface area contributed by atoms with Crippen LogP contribution in [0.1, 0.15) is 0 Å². The largest absolute Gasteiger partial charge is 0.382 e. The van der Waals surface area contributed by atoms with Gasteiger partial charge in [0.1, 0.15) is 16.1 Å². The minimum atomic E-state index is 0.181. The zero-order valence-electron chi connectivity index (χ0n) is 7.35. The van der Waals surface area contributed by atoms with Crippen LogP contribution in [0.3, 0.4) is 0 Å². The molecule has 0 radical (unpaired) electrons. The van der Waals surface area contributed by atoms with E-state index in [1.165, 1.54) is 6.20 Å². The molecule has 2 aromatic rings. The third-order valence-corrected chi connectivity index (χ3v) is 2.24. The summed E-state index contributed by atoms with van der Waals surface area (Å²) in [6.45, 7) is 0. The van der Waals surface area contributed by atoms with Crippen LogP contribution in [-0.4, -0.2) is 19.9 Å². The molecule has 0 aliphatic carbocycles. The lowest BCUT2D eigenvalue weighted by Crippen LogP contribution is -1.98. The Balaban J connectivity index is 2.53. The summed E-state index contributed by atoms with van der Waals surface area (Å²) in [5.74, 6) is 0.323. The highest BCUT2D eigenvalue weighted by molar-refractivity contribution is 9.10. The molecule has 0 saturated heterocycles. The van der Waals surface area contributed by atoms with E-state index in [0.29, 0.717) is 21.7 Å². The zero-order chi connectivity index (χ0) is 10.8. The topological polar surface area (TPSA) is 77.6 Å². The molecule has 0 fully saturated rings. The molecule has 0 amide bonds. The second-order valence-electron chi connectivity index (χ2n) is 2.67. The Morgan fingerprint density at radius 2 is 1.80 bits per heavy atom. The molecular weight excluding hydrogens is 281 g/mol. The number of nitrogens with two attached hydrogens (primary N) is 1. The quantitative estimate of drug-likeness (QED) is 0.811. The Morgan fingerprint density at radius 3 is 2.47 bits per heavy atom. The Labute approximate surface area is 98.9 Å². The second-order valence-corrected chi connectivity index (χ2v) is 3.82. The second kappa shape index (κ2) is 4.08. The monoisotopic (exact) mass is 285 g/mol. The molecule has 2 rings (SSSR count). The van der Waals surface area contributed by atoms with Crippen LogP contribution >= 0.6 is 27.5 Å². The van der Waals surface area contributed by atoms with Crippen molar-refractivity contribution in [2.45, 2.75) is 0 Å². The van der Waals surface area contributed by atoms with Crippen LogP contribution in [0, 0.1) is 0 Å². The first-order chi connectivity index (χ1) is 7.16. The maximum Gasteiger partial charge on any atom is 0.222 e. The van der Waals surface area contributed by atoms with Gasteiger partial charge in [0.25, 0.3) is 0 Å². The van der Waals surface area contributed by atoms with Gasteiger partial charge in [0.15, 0.2) is 0 Å². The molecule has 0 unspecified atom stereocenters. The van der Waals surface area contributed by atoms with Crippen molar-refractivity contribution in [1.29, 1.82) is 0 Å². The van der Waals surface area contributed by atoms with E-state index in [1.54, 1.807) is 12.4 Å². The standard InChI is InChI=1S/C8H5BrClN5/c9-5-3-12-7(11)6(15-5)4-1-13-8(10)14-2-4/h1-3H,(H2,11,12). The van der Waals surface area contributed by atoms with E-state index in [0.717, 1.165) is 0 Å². The normalized spacial score (nSPS) is 10.3. The molecule has 76 valence electrons. The molecule has 7 heteroatoms. The fourth-order valence-corrected chi connectivity index (χ4v) is 1.40. The summed E-state index contributed by atoms with van der Waals surface area (Å²) in [4.78, 5) is 15.8. The van der Waals surface area contributed by atoms with Crippen LogP contribution in [0.25, 0.3) is 11.3 Å².